The van der Waals surface area contributed by atoms with Gasteiger partial charge in [0.25, 0.3) is 0 Å². The van der Waals surface area contributed by atoms with Crippen molar-refractivity contribution < 1.29 is 9.53 Å². The predicted octanol–water partition coefficient (Wildman–Crippen LogP) is 2.04. The highest BCUT2D eigenvalue weighted by molar-refractivity contribution is 5.88. The van der Waals surface area contributed by atoms with Crippen LogP contribution in [0.25, 0.3) is 0 Å². The predicted molar refractivity (Wildman–Crippen MR) is 51.9 cm³/mol. The Hall–Kier alpha value is -1.38. The minimum Gasteiger partial charge on any atom is -0.462 e. The lowest BCUT2D eigenvalue weighted by Gasteiger charge is -2.24. The van der Waals surface area contributed by atoms with Gasteiger partial charge in [-0.05, 0) is 30.9 Å². The van der Waals surface area contributed by atoms with E-state index in [9.17, 15) is 4.79 Å². The van der Waals surface area contributed by atoms with Gasteiger partial charge in [-0.1, -0.05) is 6.42 Å². The number of esters is 1. The maximum atomic E-state index is 11.4. The zero-order valence-corrected chi connectivity index (χ0v) is 7.98. The lowest BCUT2D eigenvalue weighted by atomic mass is 9.86. The molecular formula is C11H13NO2. The first-order chi connectivity index (χ1) is 6.86. The Bertz CT molecular complexity index is 306. The fraction of sp³-hybridized carbons (Fsp3) is 0.455. The molecule has 0 unspecified atom stereocenters. The molecule has 0 amide bonds. The highest BCUT2D eigenvalue weighted by Crippen LogP contribution is 2.26. The largest absolute Gasteiger partial charge is 0.462 e. The van der Waals surface area contributed by atoms with Crippen molar-refractivity contribution in [2.45, 2.75) is 19.3 Å². The zero-order chi connectivity index (χ0) is 9.80. The molecule has 3 nitrogen and oxygen atoms in total. The fourth-order valence-corrected chi connectivity index (χ4v) is 1.42. The Morgan fingerprint density at radius 3 is 3.00 bits per heavy atom. The highest BCUT2D eigenvalue weighted by Gasteiger charge is 2.19. The van der Waals surface area contributed by atoms with Crippen LogP contribution >= 0.6 is 0 Å². The molecule has 0 N–H and O–H groups in total. The Labute approximate surface area is 83.1 Å². The van der Waals surface area contributed by atoms with E-state index in [4.69, 9.17) is 4.74 Å². The van der Waals surface area contributed by atoms with E-state index in [0.717, 1.165) is 0 Å². The molecular weight excluding hydrogens is 178 g/mol. The molecule has 1 aromatic heterocycles. The van der Waals surface area contributed by atoms with Crippen molar-refractivity contribution in [3.8, 4) is 0 Å². The van der Waals surface area contributed by atoms with Crippen LogP contribution in [0.1, 0.15) is 29.6 Å². The molecule has 2 rings (SSSR count). The third kappa shape index (κ3) is 2.10. The first-order valence-corrected chi connectivity index (χ1v) is 4.93. The molecule has 0 atom stereocenters. The van der Waals surface area contributed by atoms with Crippen LogP contribution in [0.4, 0.5) is 0 Å². The van der Waals surface area contributed by atoms with Crippen LogP contribution in [-0.4, -0.2) is 17.6 Å². The number of pyridine rings is 1. The molecule has 14 heavy (non-hydrogen) atoms. The summed E-state index contributed by atoms with van der Waals surface area (Å²) in [7, 11) is 0. The molecule has 0 saturated heterocycles. The van der Waals surface area contributed by atoms with Crippen molar-refractivity contribution in [3.05, 3.63) is 30.1 Å². The van der Waals surface area contributed by atoms with E-state index >= 15 is 0 Å². The van der Waals surface area contributed by atoms with Crippen molar-refractivity contribution in [3.63, 3.8) is 0 Å². The Kier molecular flexibility index (Phi) is 2.77. The van der Waals surface area contributed by atoms with Crippen LogP contribution < -0.4 is 0 Å². The average molecular weight is 191 g/mol. The van der Waals surface area contributed by atoms with Gasteiger partial charge in [-0.25, -0.2) is 4.79 Å². The molecule has 0 aromatic carbocycles. The summed E-state index contributed by atoms with van der Waals surface area (Å²) >= 11 is 0. The van der Waals surface area contributed by atoms with E-state index in [1.807, 2.05) is 0 Å². The molecule has 0 spiro atoms. The molecule has 0 aliphatic heterocycles. The number of hydrogen-bond acceptors (Lipinski definition) is 3. The third-order valence-corrected chi connectivity index (χ3v) is 2.57. The molecule has 3 heteroatoms. The second-order valence-electron chi connectivity index (χ2n) is 3.64. The van der Waals surface area contributed by atoms with Gasteiger partial charge in [-0.3, -0.25) is 4.98 Å². The van der Waals surface area contributed by atoms with Crippen molar-refractivity contribution in [2.75, 3.05) is 6.61 Å². The summed E-state index contributed by atoms with van der Waals surface area (Å²) in [5.41, 5.74) is 0.534. The van der Waals surface area contributed by atoms with Crippen molar-refractivity contribution in [1.29, 1.82) is 0 Å². The maximum Gasteiger partial charge on any atom is 0.339 e. The lowest BCUT2D eigenvalue weighted by molar-refractivity contribution is 0.0371. The average Bonchev–Trinajstić information content (AvgIpc) is 2.16. The summed E-state index contributed by atoms with van der Waals surface area (Å²) in [6.07, 6.45) is 6.83. The smallest absolute Gasteiger partial charge is 0.339 e. The maximum absolute atomic E-state index is 11.4. The van der Waals surface area contributed by atoms with Gasteiger partial charge in [0.05, 0.1) is 12.2 Å². The highest BCUT2D eigenvalue weighted by atomic mass is 16.5. The SMILES string of the molecule is O=C(OCC1CCC1)c1cccnc1. The second kappa shape index (κ2) is 4.22. The number of ether oxygens (including phenoxy) is 1. The number of nitrogens with zero attached hydrogens (tertiary/aromatic N) is 1. The van der Waals surface area contributed by atoms with Gasteiger partial charge in [0, 0.05) is 12.4 Å². The Morgan fingerprint density at radius 2 is 2.43 bits per heavy atom. The summed E-state index contributed by atoms with van der Waals surface area (Å²) in [4.78, 5) is 15.3. The summed E-state index contributed by atoms with van der Waals surface area (Å²) < 4.78 is 5.15. The molecule has 1 aliphatic rings. The fourth-order valence-electron chi connectivity index (χ4n) is 1.42. The molecule has 1 fully saturated rings. The van der Waals surface area contributed by atoms with Gasteiger partial charge in [-0.15, -0.1) is 0 Å². The molecule has 1 heterocycles. The van der Waals surface area contributed by atoms with Crippen LogP contribution in [0.5, 0.6) is 0 Å². The van der Waals surface area contributed by atoms with Gasteiger partial charge in [0.15, 0.2) is 0 Å². The summed E-state index contributed by atoms with van der Waals surface area (Å²) in [6, 6.07) is 3.45. The summed E-state index contributed by atoms with van der Waals surface area (Å²) in [5, 5.41) is 0. The van der Waals surface area contributed by atoms with Crippen LogP contribution in [-0.2, 0) is 4.74 Å². The third-order valence-electron chi connectivity index (χ3n) is 2.57. The summed E-state index contributed by atoms with van der Waals surface area (Å²) in [5.74, 6) is 0.334. The van der Waals surface area contributed by atoms with E-state index in [-0.39, 0.29) is 5.97 Å². The van der Waals surface area contributed by atoms with Gasteiger partial charge in [-0.2, -0.15) is 0 Å². The molecule has 1 saturated carbocycles. The molecule has 1 aromatic rings. The van der Waals surface area contributed by atoms with E-state index in [1.165, 1.54) is 25.5 Å². The van der Waals surface area contributed by atoms with Crippen molar-refractivity contribution in [1.82, 2.24) is 4.98 Å². The Balaban J connectivity index is 1.83. The summed E-state index contributed by atoms with van der Waals surface area (Å²) in [6.45, 7) is 0.563. The van der Waals surface area contributed by atoms with Crippen LogP contribution in [0.15, 0.2) is 24.5 Å². The van der Waals surface area contributed by atoms with E-state index < -0.39 is 0 Å². The zero-order valence-electron chi connectivity index (χ0n) is 7.98. The van der Waals surface area contributed by atoms with E-state index in [0.29, 0.717) is 18.1 Å². The van der Waals surface area contributed by atoms with Crippen LogP contribution in [0.2, 0.25) is 0 Å². The molecule has 74 valence electrons. The first-order valence-electron chi connectivity index (χ1n) is 4.93. The van der Waals surface area contributed by atoms with Gasteiger partial charge in [0.2, 0.25) is 0 Å². The normalized spacial score (nSPS) is 16.0. The van der Waals surface area contributed by atoms with Crippen LogP contribution in [0.3, 0.4) is 0 Å². The van der Waals surface area contributed by atoms with Gasteiger partial charge >= 0.3 is 5.97 Å². The number of carbonyl (C=O) groups excluding carboxylic acids is 1. The first kappa shape index (κ1) is 9.19. The van der Waals surface area contributed by atoms with E-state index in [2.05, 4.69) is 4.98 Å². The topological polar surface area (TPSA) is 39.2 Å². The monoisotopic (exact) mass is 191 g/mol. The quantitative estimate of drug-likeness (QED) is 0.686. The number of carbonyl (C=O) groups is 1. The van der Waals surface area contributed by atoms with Crippen LogP contribution in [0, 0.1) is 5.92 Å². The van der Waals surface area contributed by atoms with Gasteiger partial charge < -0.3 is 4.74 Å². The number of rotatable bonds is 3. The molecule has 0 bridgehead atoms. The van der Waals surface area contributed by atoms with E-state index in [1.54, 1.807) is 18.3 Å². The standard InChI is InChI=1S/C11H13NO2/c13-11(10-5-2-6-12-7-10)14-8-9-3-1-4-9/h2,5-7,9H,1,3-4,8H2. The Morgan fingerprint density at radius 1 is 1.57 bits per heavy atom. The molecule has 0 radical (unpaired) electrons. The van der Waals surface area contributed by atoms with Crippen molar-refractivity contribution >= 4 is 5.97 Å². The van der Waals surface area contributed by atoms with Gasteiger partial charge in [0.1, 0.15) is 0 Å². The molecule has 1 aliphatic carbocycles. The minimum absolute atomic E-state index is 0.259. The second-order valence-corrected chi connectivity index (χ2v) is 3.64. The lowest BCUT2D eigenvalue weighted by Crippen LogP contribution is -2.20. The van der Waals surface area contributed by atoms with Crippen molar-refractivity contribution in [2.24, 2.45) is 5.92 Å². The number of aromatic nitrogens is 1. The minimum atomic E-state index is -0.259. The number of hydrogen-bond donors (Lipinski definition) is 0.